The fraction of sp³-hybridized carbons (Fsp3) is 0.407. The van der Waals surface area contributed by atoms with E-state index in [1.54, 1.807) is 24.3 Å². The second kappa shape index (κ2) is 11.9. The summed E-state index contributed by atoms with van der Waals surface area (Å²) in [6.07, 6.45) is 4.36. The number of nitrogens with zero attached hydrogens (tertiary/aromatic N) is 1. The fourth-order valence-electron chi connectivity index (χ4n) is 5.02. The van der Waals surface area contributed by atoms with Crippen LogP contribution >= 0.6 is 0 Å². The van der Waals surface area contributed by atoms with Crippen molar-refractivity contribution in [1.29, 1.82) is 0 Å². The van der Waals surface area contributed by atoms with Crippen LogP contribution in [-0.2, 0) is 36.9 Å². The predicted molar refractivity (Wildman–Crippen MR) is 142 cm³/mol. The summed E-state index contributed by atoms with van der Waals surface area (Å²) in [5.41, 5.74) is 1.66. The molecule has 0 aliphatic carbocycles. The molecule has 10 nitrogen and oxygen atoms in total. The number of hydrogen-bond acceptors (Lipinski definition) is 7. The fourth-order valence-corrected chi connectivity index (χ4v) is 7.09. The summed E-state index contributed by atoms with van der Waals surface area (Å²) in [5, 5.41) is 2.16. The van der Waals surface area contributed by atoms with Gasteiger partial charge in [0, 0.05) is 12.2 Å². The zero-order valence-corrected chi connectivity index (χ0v) is 23.1. The maximum atomic E-state index is 13.2. The number of carbonyl (C=O) groups is 4. The van der Waals surface area contributed by atoms with Gasteiger partial charge in [-0.2, -0.15) is 8.42 Å². The zero-order chi connectivity index (χ0) is 28.3. The minimum absolute atomic E-state index is 0.0231. The summed E-state index contributed by atoms with van der Waals surface area (Å²) < 4.78 is 45.8. The molecule has 2 aliphatic rings. The van der Waals surface area contributed by atoms with Gasteiger partial charge in [-0.1, -0.05) is 43.0 Å². The number of unbranched alkanes of at least 4 members (excludes halogenated alkanes) is 4. The third-order valence-electron chi connectivity index (χ3n) is 6.94. The molecule has 0 saturated carbocycles. The van der Waals surface area contributed by atoms with Crippen molar-refractivity contribution in [2.75, 3.05) is 5.75 Å². The monoisotopic (exact) mass is 574 g/mol. The normalized spacial score (nSPS) is 18.3. The Bertz CT molecular complexity index is 1470. The van der Waals surface area contributed by atoms with E-state index in [2.05, 4.69) is 5.32 Å². The Morgan fingerprint density at radius 2 is 1.72 bits per heavy atom. The van der Waals surface area contributed by atoms with Crippen LogP contribution in [0.3, 0.4) is 0 Å². The molecule has 2 aromatic rings. The van der Waals surface area contributed by atoms with Crippen molar-refractivity contribution in [2.24, 2.45) is 0 Å². The standard InChI is InChI=1S/C27H30N2O8S2/c1-17-11-13-22(39(35,36)37)18(16-17)8-5-3-2-4-6-15-38(34)21-10-7-9-19-24(21)27(33)29(26(19)32)20-12-14-23(30)28-25(20)31/h7,9-11,13,16,20H,2-6,8,12,14-15H2,1H3,(H,28,30,31)(H,35,36,37). The van der Waals surface area contributed by atoms with Gasteiger partial charge in [-0.05, 0) is 56.4 Å². The van der Waals surface area contributed by atoms with E-state index in [4.69, 9.17) is 0 Å². The molecule has 0 aromatic heterocycles. The molecule has 2 N–H and O–H groups in total. The lowest BCUT2D eigenvalue weighted by Gasteiger charge is -2.27. The van der Waals surface area contributed by atoms with Crippen molar-refractivity contribution in [3.05, 3.63) is 58.7 Å². The lowest BCUT2D eigenvalue weighted by molar-refractivity contribution is -0.136. The van der Waals surface area contributed by atoms with Crippen molar-refractivity contribution in [2.45, 2.75) is 74.1 Å². The first-order valence-corrected chi connectivity index (χ1v) is 15.5. The van der Waals surface area contributed by atoms with Crippen LogP contribution < -0.4 is 5.32 Å². The van der Waals surface area contributed by atoms with E-state index in [0.29, 0.717) is 24.2 Å². The number of nitrogens with one attached hydrogen (secondary N) is 1. The maximum Gasteiger partial charge on any atom is 0.294 e. The molecule has 2 heterocycles. The maximum absolute atomic E-state index is 13.2. The quantitative estimate of drug-likeness (QED) is 0.236. The highest BCUT2D eigenvalue weighted by molar-refractivity contribution is 7.86. The summed E-state index contributed by atoms with van der Waals surface area (Å²) >= 11 is 0. The van der Waals surface area contributed by atoms with Crippen molar-refractivity contribution < 1.29 is 36.4 Å². The van der Waals surface area contributed by atoms with Crippen LogP contribution in [0.2, 0.25) is 0 Å². The molecule has 0 bridgehead atoms. The second-order valence-electron chi connectivity index (χ2n) is 9.78. The molecule has 39 heavy (non-hydrogen) atoms. The van der Waals surface area contributed by atoms with Gasteiger partial charge in [-0.15, -0.1) is 0 Å². The summed E-state index contributed by atoms with van der Waals surface area (Å²) in [7, 11) is -5.82. The van der Waals surface area contributed by atoms with Crippen LogP contribution in [0.15, 0.2) is 46.2 Å². The number of rotatable bonds is 11. The van der Waals surface area contributed by atoms with Crippen molar-refractivity contribution in [1.82, 2.24) is 10.2 Å². The average Bonchev–Trinajstić information content (AvgIpc) is 3.12. The third-order valence-corrected chi connectivity index (χ3v) is 9.39. The largest absolute Gasteiger partial charge is 0.295 e. The molecule has 0 spiro atoms. The molecule has 4 rings (SSSR count). The molecule has 208 valence electrons. The lowest BCUT2D eigenvalue weighted by atomic mass is 10.0. The summed E-state index contributed by atoms with van der Waals surface area (Å²) in [5.74, 6) is -2.16. The van der Waals surface area contributed by atoms with Gasteiger partial charge >= 0.3 is 0 Å². The highest BCUT2D eigenvalue weighted by Crippen LogP contribution is 2.31. The van der Waals surface area contributed by atoms with E-state index in [1.165, 1.54) is 12.1 Å². The molecule has 12 heteroatoms. The van der Waals surface area contributed by atoms with E-state index in [9.17, 15) is 36.4 Å². The van der Waals surface area contributed by atoms with E-state index in [0.717, 1.165) is 36.1 Å². The van der Waals surface area contributed by atoms with Crippen molar-refractivity contribution in [3.8, 4) is 0 Å². The van der Waals surface area contributed by atoms with Gasteiger partial charge in [0.05, 0.1) is 31.7 Å². The number of amides is 4. The Morgan fingerprint density at radius 3 is 2.44 bits per heavy atom. The van der Waals surface area contributed by atoms with Gasteiger partial charge in [-0.25, -0.2) is 0 Å². The van der Waals surface area contributed by atoms with Crippen LogP contribution in [-0.4, -0.2) is 57.5 Å². The van der Waals surface area contributed by atoms with Gasteiger partial charge < -0.3 is 0 Å². The molecule has 2 atom stereocenters. The molecule has 2 aromatic carbocycles. The molecule has 4 amide bonds. The summed E-state index contributed by atoms with van der Waals surface area (Å²) in [6.45, 7) is 1.86. The molecule has 2 aliphatic heterocycles. The minimum Gasteiger partial charge on any atom is -0.295 e. The van der Waals surface area contributed by atoms with Crippen LogP contribution in [0.1, 0.15) is 76.8 Å². The molecular weight excluding hydrogens is 544 g/mol. The zero-order valence-electron chi connectivity index (χ0n) is 21.5. The van der Waals surface area contributed by atoms with Gasteiger partial charge in [-0.3, -0.25) is 38.2 Å². The highest BCUT2D eigenvalue weighted by atomic mass is 32.2. The van der Waals surface area contributed by atoms with E-state index < -0.39 is 50.6 Å². The number of benzene rings is 2. The summed E-state index contributed by atoms with van der Waals surface area (Å²) in [6, 6.07) is 8.34. The van der Waals surface area contributed by atoms with Crippen LogP contribution in [0.25, 0.3) is 0 Å². The van der Waals surface area contributed by atoms with Gasteiger partial charge in [0.2, 0.25) is 11.8 Å². The Kier molecular flexibility index (Phi) is 8.77. The van der Waals surface area contributed by atoms with Crippen molar-refractivity contribution in [3.63, 3.8) is 0 Å². The topological polar surface area (TPSA) is 155 Å². The first-order valence-electron chi connectivity index (χ1n) is 12.8. The predicted octanol–water partition coefficient (Wildman–Crippen LogP) is 2.94. The van der Waals surface area contributed by atoms with E-state index in [-0.39, 0.29) is 33.8 Å². The van der Waals surface area contributed by atoms with E-state index >= 15 is 0 Å². The van der Waals surface area contributed by atoms with Crippen LogP contribution in [0, 0.1) is 6.92 Å². The number of aryl methyl sites for hydroxylation is 2. The highest BCUT2D eigenvalue weighted by Gasteiger charge is 2.46. The van der Waals surface area contributed by atoms with Crippen molar-refractivity contribution >= 4 is 44.5 Å². The lowest BCUT2D eigenvalue weighted by Crippen LogP contribution is -2.54. The summed E-state index contributed by atoms with van der Waals surface area (Å²) in [4.78, 5) is 51.0. The third kappa shape index (κ3) is 6.34. The number of hydrogen-bond donors (Lipinski definition) is 2. The molecule has 1 saturated heterocycles. The van der Waals surface area contributed by atoms with E-state index in [1.807, 2.05) is 6.92 Å². The van der Waals surface area contributed by atoms with Gasteiger partial charge in [0.25, 0.3) is 21.9 Å². The van der Waals surface area contributed by atoms with Gasteiger partial charge in [0.15, 0.2) is 0 Å². The first kappa shape index (κ1) is 28.8. The minimum atomic E-state index is -4.28. The molecule has 2 unspecified atom stereocenters. The Hall–Kier alpha value is -3.22. The SMILES string of the molecule is Cc1ccc(S(=O)(=O)O)c(CCCCCCCS(=O)c2cccc3c2C(=O)N(C2CCC(=O)NC2=O)C3=O)c1. The Balaban J connectivity index is 1.30. The van der Waals surface area contributed by atoms with Gasteiger partial charge in [0.1, 0.15) is 6.04 Å². The van der Waals surface area contributed by atoms with Crippen LogP contribution in [0.4, 0.5) is 0 Å². The molecule has 0 radical (unpaired) electrons. The number of fused-ring (bicyclic) bond motifs is 1. The Labute approximate surface area is 229 Å². The molecule has 1 fully saturated rings. The number of piperidine rings is 1. The average molecular weight is 575 g/mol. The smallest absolute Gasteiger partial charge is 0.294 e. The second-order valence-corrected chi connectivity index (χ2v) is 12.7. The first-order chi connectivity index (χ1) is 18.5. The molecular formula is C27H30N2O8S2. The Morgan fingerprint density at radius 1 is 1.00 bits per heavy atom. The number of carbonyl (C=O) groups excluding carboxylic acids is 4. The van der Waals surface area contributed by atoms with Crippen LogP contribution in [0.5, 0.6) is 0 Å². The number of imide groups is 2.